The molecule has 1 aromatic carbocycles. The Morgan fingerprint density at radius 3 is 2.42 bits per heavy atom. The molecule has 0 atom stereocenters. The van der Waals surface area contributed by atoms with Crippen molar-refractivity contribution in [3.05, 3.63) is 63.6 Å². The van der Waals surface area contributed by atoms with Crippen LogP contribution >= 0.6 is 0 Å². The highest BCUT2D eigenvalue weighted by Gasteiger charge is 2.35. The molecule has 0 N–H and O–H groups in total. The van der Waals surface area contributed by atoms with Gasteiger partial charge in [0, 0.05) is 18.8 Å². The van der Waals surface area contributed by atoms with E-state index in [1.54, 1.807) is 20.0 Å². The van der Waals surface area contributed by atoms with Crippen molar-refractivity contribution in [1.29, 1.82) is 0 Å². The highest BCUT2D eigenvalue weighted by molar-refractivity contribution is 5.95. The molecule has 0 radical (unpaired) electrons. The number of hydrogen-bond acceptors (Lipinski definition) is 3. The maximum atomic E-state index is 13.6. The van der Waals surface area contributed by atoms with E-state index >= 15 is 0 Å². The number of hydrogen-bond donors (Lipinski definition) is 0. The fourth-order valence-electron chi connectivity index (χ4n) is 2.54. The Balaban J connectivity index is 1.66. The maximum absolute atomic E-state index is 13.6. The summed E-state index contributed by atoms with van der Waals surface area (Å²) in [6.45, 7) is 2.20. The van der Waals surface area contributed by atoms with E-state index in [0.717, 1.165) is 17.8 Å². The van der Waals surface area contributed by atoms with Crippen LogP contribution < -0.4 is 10.3 Å². The molecule has 1 fully saturated rings. The summed E-state index contributed by atoms with van der Waals surface area (Å²) in [5, 5.41) is 0. The molecule has 5 nitrogen and oxygen atoms in total. The van der Waals surface area contributed by atoms with Crippen LogP contribution in [0.5, 0.6) is 5.75 Å². The zero-order chi connectivity index (χ0) is 17.4. The van der Waals surface area contributed by atoms with Crippen LogP contribution in [0.4, 0.5) is 8.78 Å². The number of pyridine rings is 1. The largest absolute Gasteiger partial charge is 0.486 e. The molecule has 1 saturated heterocycles. The summed E-state index contributed by atoms with van der Waals surface area (Å²) in [6, 6.07) is 6.40. The van der Waals surface area contributed by atoms with E-state index in [2.05, 4.69) is 0 Å². The Hall–Kier alpha value is -2.70. The summed E-state index contributed by atoms with van der Waals surface area (Å²) in [4.78, 5) is 25.2. The number of rotatable bonds is 3. The minimum absolute atomic E-state index is 0.189. The average molecular weight is 334 g/mol. The minimum atomic E-state index is -0.883. The van der Waals surface area contributed by atoms with Crippen molar-refractivity contribution in [2.24, 2.45) is 7.05 Å². The number of carbonyl (C=O) groups excluding carboxylic acids is 1. The molecule has 0 unspecified atom stereocenters. The van der Waals surface area contributed by atoms with E-state index in [0.29, 0.717) is 5.75 Å². The number of nitrogens with zero attached hydrogens (tertiary/aromatic N) is 2. The van der Waals surface area contributed by atoms with E-state index in [-0.39, 0.29) is 24.8 Å². The minimum Gasteiger partial charge on any atom is -0.486 e. The Kier molecular flexibility index (Phi) is 4.09. The van der Waals surface area contributed by atoms with E-state index in [4.69, 9.17) is 4.74 Å². The number of likely N-dealkylation sites (tertiary alicyclic amines) is 1. The van der Waals surface area contributed by atoms with E-state index < -0.39 is 23.1 Å². The van der Waals surface area contributed by atoms with Gasteiger partial charge in [-0.2, -0.15) is 0 Å². The molecule has 1 aliphatic rings. The van der Waals surface area contributed by atoms with Crippen LogP contribution in [0.1, 0.15) is 16.1 Å². The highest BCUT2D eigenvalue weighted by atomic mass is 19.1. The van der Waals surface area contributed by atoms with Crippen molar-refractivity contribution < 1.29 is 18.3 Å². The normalized spacial score (nSPS) is 14.4. The topological polar surface area (TPSA) is 51.5 Å². The summed E-state index contributed by atoms with van der Waals surface area (Å²) in [5.41, 5.74) is 0.00393. The quantitative estimate of drug-likeness (QED) is 0.861. The molecule has 7 heteroatoms. The standard InChI is InChI=1S/C17H16F2N2O3/c1-10-6-11(7-15(22)20(10)2)24-12-8-21(9-12)17(23)16-13(18)4-3-5-14(16)19/h3-7,12H,8-9H2,1-2H3. The SMILES string of the molecule is Cc1cc(OC2CN(C(=O)c3c(F)cccc3F)C2)cc(=O)n1C. The average Bonchev–Trinajstić information content (AvgIpc) is 2.47. The molecule has 0 bridgehead atoms. The molecule has 2 aromatic rings. The van der Waals surface area contributed by atoms with Gasteiger partial charge in [0.05, 0.1) is 13.1 Å². The smallest absolute Gasteiger partial charge is 0.260 e. The van der Waals surface area contributed by atoms with Gasteiger partial charge in [-0.25, -0.2) is 8.78 Å². The van der Waals surface area contributed by atoms with Crippen LogP contribution in [0.15, 0.2) is 35.1 Å². The number of aromatic nitrogens is 1. The Morgan fingerprint density at radius 1 is 1.21 bits per heavy atom. The van der Waals surface area contributed by atoms with Gasteiger partial charge in [0.15, 0.2) is 0 Å². The number of aryl methyl sites for hydroxylation is 1. The third-order valence-corrected chi connectivity index (χ3v) is 4.09. The lowest BCUT2D eigenvalue weighted by molar-refractivity contribution is 0.0169. The Morgan fingerprint density at radius 2 is 1.83 bits per heavy atom. The fourth-order valence-corrected chi connectivity index (χ4v) is 2.54. The lowest BCUT2D eigenvalue weighted by Gasteiger charge is -2.39. The van der Waals surface area contributed by atoms with Gasteiger partial charge < -0.3 is 14.2 Å². The van der Waals surface area contributed by atoms with Gasteiger partial charge >= 0.3 is 0 Å². The number of amides is 1. The number of carbonyl (C=O) groups is 1. The summed E-state index contributed by atoms with van der Waals surface area (Å²) in [5.74, 6) is -2.05. The van der Waals surface area contributed by atoms with Gasteiger partial charge in [-0.15, -0.1) is 0 Å². The van der Waals surface area contributed by atoms with Crippen molar-refractivity contribution in [1.82, 2.24) is 9.47 Å². The molecular weight excluding hydrogens is 318 g/mol. The third-order valence-electron chi connectivity index (χ3n) is 4.09. The Labute approximate surface area is 137 Å². The first-order chi connectivity index (χ1) is 11.4. The zero-order valence-corrected chi connectivity index (χ0v) is 13.3. The molecular formula is C17H16F2N2O3. The molecule has 1 aliphatic heterocycles. The van der Waals surface area contributed by atoms with Gasteiger partial charge in [-0.05, 0) is 25.1 Å². The maximum Gasteiger partial charge on any atom is 0.260 e. The molecule has 1 amide bonds. The van der Waals surface area contributed by atoms with Crippen molar-refractivity contribution in [3.63, 3.8) is 0 Å². The molecule has 0 spiro atoms. The number of benzene rings is 1. The molecule has 126 valence electrons. The first-order valence-electron chi connectivity index (χ1n) is 7.44. The summed E-state index contributed by atoms with van der Waals surface area (Å²) in [7, 11) is 1.66. The fraction of sp³-hybridized carbons (Fsp3) is 0.294. The van der Waals surface area contributed by atoms with Crippen LogP contribution in [0.3, 0.4) is 0 Å². The van der Waals surface area contributed by atoms with E-state index in [1.807, 2.05) is 0 Å². The summed E-state index contributed by atoms with van der Waals surface area (Å²) in [6.07, 6.45) is -0.310. The van der Waals surface area contributed by atoms with Crippen LogP contribution in [0, 0.1) is 18.6 Å². The van der Waals surface area contributed by atoms with Crippen molar-refractivity contribution in [2.45, 2.75) is 13.0 Å². The van der Waals surface area contributed by atoms with Gasteiger partial charge in [-0.1, -0.05) is 6.07 Å². The second kappa shape index (κ2) is 6.07. The monoisotopic (exact) mass is 334 g/mol. The zero-order valence-electron chi connectivity index (χ0n) is 13.3. The van der Waals surface area contributed by atoms with Crippen LogP contribution in [-0.4, -0.2) is 34.6 Å². The molecule has 0 saturated carbocycles. The molecule has 3 rings (SSSR count). The first-order valence-corrected chi connectivity index (χ1v) is 7.44. The molecule has 24 heavy (non-hydrogen) atoms. The van der Waals surface area contributed by atoms with Crippen LogP contribution in [0.2, 0.25) is 0 Å². The lowest BCUT2D eigenvalue weighted by atomic mass is 10.1. The van der Waals surface area contributed by atoms with Crippen molar-refractivity contribution >= 4 is 5.91 Å². The van der Waals surface area contributed by atoms with Gasteiger partial charge in [0.25, 0.3) is 11.5 Å². The third kappa shape index (κ3) is 2.89. The van der Waals surface area contributed by atoms with E-state index in [9.17, 15) is 18.4 Å². The lowest BCUT2D eigenvalue weighted by Crippen LogP contribution is -2.56. The van der Waals surface area contributed by atoms with Gasteiger partial charge in [0.2, 0.25) is 0 Å². The van der Waals surface area contributed by atoms with Gasteiger partial charge in [-0.3, -0.25) is 9.59 Å². The van der Waals surface area contributed by atoms with Gasteiger partial charge in [0.1, 0.15) is 29.1 Å². The summed E-state index contributed by atoms with van der Waals surface area (Å²) >= 11 is 0. The number of halogens is 2. The predicted molar refractivity (Wildman–Crippen MR) is 83.1 cm³/mol. The number of ether oxygens (including phenoxy) is 1. The highest BCUT2D eigenvalue weighted by Crippen LogP contribution is 2.22. The van der Waals surface area contributed by atoms with Crippen molar-refractivity contribution in [2.75, 3.05) is 13.1 Å². The first kappa shape index (κ1) is 16.2. The second-order valence-corrected chi connectivity index (χ2v) is 5.78. The summed E-state index contributed by atoms with van der Waals surface area (Å²) < 4.78 is 34.4. The van der Waals surface area contributed by atoms with Crippen molar-refractivity contribution in [3.8, 4) is 5.75 Å². The predicted octanol–water partition coefficient (Wildman–Crippen LogP) is 1.88. The molecule has 1 aromatic heterocycles. The molecule has 2 heterocycles. The Bertz CT molecular complexity index is 837. The van der Waals surface area contributed by atoms with Crippen LogP contribution in [0.25, 0.3) is 0 Å². The second-order valence-electron chi connectivity index (χ2n) is 5.78. The molecule has 0 aliphatic carbocycles. The van der Waals surface area contributed by atoms with E-state index in [1.165, 1.54) is 21.6 Å². The van der Waals surface area contributed by atoms with Crippen LogP contribution in [-0.2, 0) is 7.05 Å².